The van der Waals surface area contributed by atoms with Crippen molar-refractivity contribution in [2.24, 2.45) is 0 Å². The second kappa shape index (κ2) is 3.75. The third-order valence-corrected chi connectivity index (χ3v) is 3.73. The molecule has 1 rings (SSSR count). The van der Waals surface area contributed by atoms with Crippen molar-refractivity contribution in [2.45, 2.75) is 18.6 Å². The highest BCUT2D eigenvalue weighted by atomic mass is 35.5. The van der Waals surface area contributed by atoms with Crippen molar-refractivity contribution in [2.75, 3.05) is 19.9 Å². The fraction of sp³-hybridized carbons (Fsp3) is 1.00. The molecule has 0 bridgehead atoms. The van der Waals surface area contributed by atoms with Crippen LogP contribution in [0.5, 0.6) is 0 Å². The molecule has 1 atom stereocenters. The molecule has 4 heteroatoms. The summed E-state index contributed by atoms with van der Waals surface area (Å²) in [7, 11) is -1.82. The van der Waals surface area contributed by atoms with Gasteiger partial charge in [-0.25, -0.2) is 0 Å². The average molecular weight is 184 g/mol. The van der Waals surface area contributed by atoms with E-state index in [9.17, 15) is 4.57 Å². The summed E-state index contributed by atoms with van der Waals surface area (Å²) in [6.07, 6.45) is 2.29. The molecule has 1 heterocycles. The summed E-state index contributed by atoms with van der Waals surface area (Å²) in [5.41, 5.74) is 0. The Kier molecular flexibility index (Phi) is 3.93. The van der Waals surface area contributed by atoms with Gasteiger partial charge < -0.3 is 9.88 Å². The van der Waals surface area contributed by atoms with E-state index in [-0.39, 0.29) is 12.4 Å². The minimum absolute atomic E-state index is 0. The van der Waals surface area contributed by atoms with Gasteiger partial charge in [-0.3, -0.25) is 0 Å². The molecule has 1 unspecified atom stereocenters. The molecular formula is C6H15ClNOP. The van der Waals surface area contributed by atoms with Crippen molar-refractivity contribution < 1.29 is 4.57 Å². The first-order valence-corrected chi connectivity index (χ1v) is 6.06. The van der Waals surface area contributed by atoms with Gasteiger partial charge in [-0.2, -0.15) is 0 Å². The van der Waals surface area contributed by atoms with Gasteiger partial charge in [-0.1, -0.05) is 0 Å². The first kappa shape index (κ1) is 10.5. The van der Waals surface area contributed by atoms with Crippen LogP contribution in [0.2, 0.25) is 0 Å². The summed E-state index contributed by atoms with van der Waals surface area (Å²) in [6.45, 7) is 4.77. The Balaban J connectivity index is 0.000000810. The second-order valence-electron chi connectivity index (χ2n) is 3.05. The lowest BCUT2D eigenvalue weighted by Gasteiger charge is -2.14. The van der Waals surface area contributed by atoms with Crippen molar-refractivity contribution >= 4 is 19.5 Å². The summed E-state index contributed by atoms with van der Waals surface area (Å²) >= 11 is 0. The molecule has 0 saturated carbocycles. The molecule has 2 nitrogen and oxygen atoms in total. The molecule has 0 amide bonds. The van der Waals surface area contributed by atoms with Gasteiger partial charge in [0.25, 0.3) is 0 Å². The molecule has 1 aliphatic heterocycles. The van der Waals surface area contributed by atoms with Crippen molar-refractivity contribution in [1.29, 1.82) is 0 Å². The van der Waals surface area contributed by atoms with Crippen LogP contribution in [0.4, 0.5) is 0 Å². The Labute approximate surface area is 68.6 Å². The number of halogens is 1. The minimum Gasteiger partial charge on any atom is -0.323 e. The second-order valence-corrected chi connectivity index (χ2v) is 6.54. The van der Waals surface area contributed by atoms with E-state index in [0.29, 0.717) is 5.78 Å². The van der Waals surface area contributed by atoms with Gasteiger partial charge in [-0.15, -0.1) is 12.4 Å². The monoisotopic (exact) mass is 183 g/mol. The lowest BCUT2D eigenvalue weighted by molar-refractivity contribution is 0.566. The molecule has 10 heavy (non-hydrogen) atoms. The van der Waals surface area contributed by atoms with Crippen LogP contribution in [0.25, 0.3) is 0 Å². The molecule has 0 aromatic rings. The average Bonchev–Trinajstić information content (AvgIpc) is 2.08. The van der Waals surface area contributed by atoms with E-state index in [1.165, 1.54) is 6.42 Å². The predicted molar refractivity (Wildman–Crippen MR) is 47.7 cm³/mol. The van der Waals surface area contributed by atoms with E-state index in [1.807, 2.05) is 13.3 Å². The first-order chi connectivity index (χ1) is 4.11. The largest absolute Gasteiger partial charge is 0.323 e. The van der Waals surface area contributed by atoms with Crippen molar-refractivity contribution in [3.63, 3.8) is 0 Å². The predicted octanol–water partition coefficient (Wildman–Crippen LogP) is 1.74. The highest BCUT2D eigenvalue weighted by molar-refractivity contribution is 7.63. The van der Waals surface area contributed by atoms with Gasteiger partial charge in [0.05, 0.1) is 12.9 Å². The topological polar surface area (TPSA) is 29.1 Å². The maximum Gasteiger partial charge on any atom is 0.0979 e. The maximum absolute atomic E-state index is 11.4. The molecule has 1 aliphatic rings. The molecule has 62 valence electrons. The zero-order chi connectivity index (χ0) is 6.91. The Morgan fingerprint density at radius 3 is 2.30 bits per heavy atom. The fourth-order valence-electron chi connectivity index (χ4n) is 1.20. The smallest absolute Gasteiger partial charge is 0.0979 e. The number of hydrogen-bond acceptors (Lipinski definition) is 2. The lowest BCUT2D eigenvalue weighted by atomic mass is 10.4. The summed E-state index contributed by atoms with van der Waals surface area (Å²) in [5.74, 6) is 0.317. The normalized spacial score (nSPS) is 26.0. The summed E-state index contributed by atoms with van der Waals surface area (Å²) < 4.78 is 11.4. The maximum atomic E-state index is 11.4. The molecule has 1 N–H and O–H groups in total. The molecule has 0 radical (unpaired) electrons. The molecule has 1 fully saturated rings. The van der Waals surface area contributed by atoms with Gasteiger partial charge in [0.15, 0.2) is 0 Å². The zero-order valence-electron chi connectivity index (χ0n) is 6.46. The molecule has 0 aromatic carbocycles. The van der Waals surface area contributed by atoms with Crippen LogP contribution in [0.1, 0.15) is 12.8 Å². The molecule has 0 aromatic heterocycles. The van der Waals surface area contributed by atoms with E-state index in [4.69, 9.17) is 0 Å². The summed E-state index contributed by atoms with van der Waals surface area (Å²) in [4.78, 5) is 0. The highest BCUT2D eigenvalue weighted by Crippen LogP contribution is 2.44. The van der Waals surface area contributed by atoms with Crippen molar-refractivity contribution in [3.8, 4) is 0 Å². The summed E-state index contributed by atoms with van der Waals surface area (Å²) in [5, 5.41) is 3.23. The van der Waals surface area contributed by atoms with E-state index < -0.39 is 7.14 Å². The quantitative estimate of drug-likeness (QED) is 0.628. The fourth-order valence-corrected chi connectivity index (χ4v) is 2.57. The number of rotatable bonds is 1. The molecular weight excluding hydrogens is 168 g/mol. The number of nitrogens with one attached hydrogen (secondary N) is 1. The molecule has 0 aliphatic carbocycles. The standard InChI is InChI=1S/C6H14NOP.ClH/c1-9(2,8)6-4-3-5-7-6;/h6-7H,3-5H2,1-2H3;1H. The molecule has 0 spiro atoms. The van der Waals surface area contributed by atoms with E-state index in [2.05, 4.69) is 5.32 Å². The van der Waals surface area contributed by atoms with Crippen LogP contribution in [-0.4, -0.2) is 25.7 Å². The molecule has 1 saturated heterocycles. The van der Waals surface area contributed by atoms with Crippen molar-refractivity contribution in [1.82, 2.24) is 5.32 Å². The van der Waals surface area contributed by atoms with Crippen LogP contribution in [0, 0.1) is 0 Å². The Bertz CT molecular complexity index is 139. The highest BCUT2D eigenvalue weighted by Gasteiger charge is 2.25. The van der Waals surface area contributed by atoms with Crippen LogP contribution in [0.15, 0.2) is 0 Å². The summed E-state index contributed by atoms with van der Waals surface area (Å²) in [6, 6.07) is 0. The van der Waals surface area contributed by atoms with E-state index >= 15 is 0 Å². The van der Waals surface area contributed by atoms with Gasteiger partial charge in [0.1, 0.15) is 0 Å². The van der Waals surface area contributed by atoms with Gasteiger partial charge in [0, 0.05) is 0 Å². The minimum atomic E-state index is -1.82. The van der Waals surface area contributed by atoms with Gasteiger partial charge in [0.2, 0.25) is 0 Å². The van der Waals surface area contributed by atoms with Crippen LogP contribution >= 0.6 is 19.5 Å². The van der Waals surface area contributed by atoms with Crippen LogP contribution in [0.3, 0.4) is 0 Å². The Hall–Kier alpha value is 0.480. The van der Waals surface area contributed by atoms with E-state index in [1.54, 1.807) is 0 Å². The SMILES string of the molecule is CP(C)(=O)C1CCCN1.Cl. The first-order valence-electron chi connectivity index (χ1n) is 3.39. The Morgan fingerprint density at radius 2 is 2.10 bits per heavy atom. The van der Waals surface area contributed by atoms with Crippen molar-refractivity contribution in [3.05, 3.63) is 0 Å². The number of hydrogen-bond donors (Lipinski definition) is 1. The van der Waals surface area contributed by atoms with E-state index in [0.717, 1.165) is 13.0 Å². The van der Waals surface area contributed by atoms with Gasteiger partial charge >= 0.3 is 0 Å². The Morgan fingerprint density at radius 1 is 1.50 bits per heavy atom. The third kappa shape index (κ3) is 2.61. The third-order valence-electron chi connectivity index (χ3n) is 1.78. The van der Waals surface area contributed by atoms with Gasteiger partial charge in [-0.05, 0) is 32.7 Å². The van der Waals surface area contributed by atoms with Crippen LogP contribution < -0.4 is 5.32 Å². The van der Waals surface area contributed by atoms with Crippen LogP contribution in [-0.2, 0) is 4.57 Å². The zero-order valence-corrected chi connectivity index (χ0v) is 8.17. The lowest BCUT2D eigenvalue weighted by Crippen LogP contribution is -2.20.